The predicted octanol–water partition coefficient (Wildman–Crippen LogP) is 3.62. The molecule has 2 N–H and O–H groups in total. The molecule has 0 unspecified atom stereocenters. The van der Waals surface area contributed by atoms with E-state index in [0.717, 1.165) is 79.7 Å². The Morgan fingerprint density at radius 2 is 1.86 bits per heavy atom. The molecule has 0 spiro atoms. The van der Waals surface area contributed by atoms with Crippen LogP contribution in [0.3, 0.4) is 0 Å². The molecule has 0 amide bonds. The molecule has 3 aromatic rings. The van der Waals surface area contributed by atoms with Crippen LogP contribution >= 0.6 is 0 Å². The summed E-state index contributed by atoms with van der Waals surface area (Å²) in [5, 5.41) is 20.9. The van der Waals surface area contributed by atoms with Gasteiger partial charge < -0.3 is 34.1 Å². The molecular formula is C27H31N3O5. The van der Waals surface area contributed by atoms with Crippen LogP contribution in [-0.4, -0.2) is 77.2 Å². The number of methoxy groups -OCH3 is 1. The molecule has 2 aliphatic rings. The second-order valence-electron chi connectivity index (χ2n) is 9.31. The minimum absolute atomic E-state index is 0.0696. The third-order valence-electron chi connectivity index (χ3n) is 7.04. The quantitative estimate of drug-likeness (QED) is 0.525. The number of carbonyl (C=O) groups excluding carboxylic acids is 1. The maximum Gasteiger partial charge on any atom is 0.235 e. The van der Waals surface area contributed by atoms with E-state index in [1.807, 2.05) is 19.1 Å². The number of rotatable bonds is 6. The average Bonchev–Trinajstić information content (AvgIpc) is 3.28. The summed E-state index contributed by atoms with van der Waals surface area (Å²) in [7, 11) is 3.80. The van der Waals surface area contributed by atoms with Crippen molar-refractivity contribution in [2.45, 2.75) is 19.9 Å². The van der Waals surface area contributed by atoms with E-state index in [0.29, 0.717) is 0 Å². The van der Waals surface area contributed by atoms with Crippen LogP contribution in [0.5, 0.6) is 23.0 Å². The molecule has 8 heteroatoms. The van der Waals surface area contributed by atoms with Crippen molar-refractivity contribution in [2.75, 3.05) is 46.9 Å². The third kappa shape index (κ3) is 4.35. The van der Waals surface area contributed by atoms with Crippen molar-refractivity contribution >= 4 is 22.8 Å². The molecule has 1 saturated heterocycles. The summed E-state index contributed by atoms with van der Waals surface area (Å²) in [6, 6.07) is 8.46. The number of aryl methyl sites for hydroxylation is 1. The van der Waals surface area contributed by atoms with Crippen LogP contribution in [0, 0.1) is 6.92 Å². The number of phenols is 2. The van der Waals surface area contributed by atoms with Gasteiger partial charge in [0.05, 0.1) is 7.11 Å². The highest BCUT2D eigenvalue weighted by Gasteiger charge is 2.32. The van der Waals surface area contributed by atoms with Crippen molar-refractivity contribution in [2.24, 2.45) is 0 Å². The number of nitrogens with zero attached hydrogens (tertiary/aromatic N) is 3. The maximum atomic E-state index is 13.0. The van der Waals surface area contributed by atoms with Gasteiger partial charge in [0.15, 0.2) is 5.76 Å². The van der Waals surface area contributed by atoms with E-state index in [1.165, 1.54) is 6.07 Å². The molecule has 5 rings (SSSR count). The van der Waals surface area contributed by atoms with E-state index in [2.05, 4.69) is 27.5 Å². The van der Waals surface area contributed by atoms with Crippen LogP contribution < -0.4 is 9.47 Å². The minimum Gasteiger partial charge on any atom is -0.508 e. The normalized spacial score (nSPS) is 17.8. The van der Waals surface area contributed by atoms with E-state index >= 15 is 0 Å². The zero-order valence-corrected chi connectivity index (χ0v) is 20.4. The summed E-state index contributed by atoms with van der Waals surface area (Å²) in [5.74, 6) is 0.145. The Labute approximate surface area is 204 Å². The Bertz CT molecular complexity index is 1320. The fourth-order valence-corrected chi connectivity index (χ4v) is 5.02. The summed E-state index contributed by atoms with van der Waals surface area (Å²) in [4.78, 5) is 17.9. The molecule has 35 heavy (non-hydrogen) atoms. The minimum atomic E-state index is -0.407. The molecule has 1 aromatic heterocycles. The molecular weight excluding hydrogens is 446 g/mol. The zero-order chi connectivity index (χ0) is 24.7. The Kier molecular flexibility index (Phi) is 6.17. The number of fused-ring (bicyclic) bond motifs is 2. The van der Waals surface area contributed by atoms with Crippen LogP contribution in [0.2, 0.25) is 0 Å². The Balaban J connectivity index is 1.47. The number of hydrogen-bond acceptors (Lipinski definition) is 7. The van der Waals surface area contributed by atoms with Crippen molar-refractivity contribution in [3.05, 3.63) is 52.9 Å². The van der Waals surface area contributed by atoms with Crippen molar-refractivity contribution in [3.8, 4) is 23.0 Å². The first-order valence-electron chi connectivity index (χ1n) is 11.9. The first kappa shape index (κ1) is 23.3. The van der Waals surface area contributed by atoms with Crippen LogP contribution in [0.15, 0.2) is 36.1 Å². The van der Waals surface area contributed by atoms with Crippen molar-refractivity contribution in [1.82, 2.24) is 14.4 Å². The number of ketones is 1. The van der Waals surface area contributed by atoms with Gasteiger partial charge in [-0.25, -0.2) is 0 Å². The van der Waals surface area contributed by atoms with Gasteiger partial charge in [0.2, 0.25) is 5.78 Å². The van der Waals surface area contributed by atoms with Crippen molar-refractivity contribution in [1.29, 1.82) is 0 Å². The highest BCUT2D eigenvalue weighted by Crippen LogP contribution is 2.41. The second kappa shape index (κ2) is 9.28. The van der Waals surface area contributed by atoms with Gasteiger partial charge in [0.1, 0.15) is 28.6 Å². The van der Waals surface area contributed by atoms with E-state index in [4.69, 9.17) is 9.47 Å². The summed E-state index contributed by atoms with van der Waals surface area (Å²) in [5.41, 5.74) is 3.04. The molecule has 0 aliphatic carbocycles. The van der Waals surface area contributed by atoms with Crippen molar-refractivity contribution < 1.29 is 24.5 Å². The highest BCUT2D eigenvalue weighted by molar-refractivity contribution is 6.17. The number of phenolic OH excluding ortho intramolecular Hbond substituents is 2. The summed E-state index contributed by atoms with van der Waals surface area (Å²) >= 11 is 0. The lowest BCUT2D eigenvalue weighted by atomic mass is 10.1. The smallest absolute Gasteiger partial charge is 0.235 e. The number of piperazine rings is 1. The van der Waals surface area contributed by atoms with Crippen LogP contribution in [0.4, 0.5) is 0 Å². The van der Waals surface area contributed by atoms with Gasteiger partial charge in [-0.15, -0.1) is 0 Å². The monoisotopic (exact) mass is 477 g/mol. The molecule has 8 nitrogen and oxygen atoms in total. The summed E-state index contributed by atoms with van der Waals surface area (Å²) in [6.45, 7) is 8.34. The molecule has 2 aliphatic heterocycles. The number of likely N-dealkylation sites (N-methyl/N-ethyl adjacent to an activating group) is 1. The lowest BCUT2D eigenvalue weighted by Crippen LogP contribution is -2.44. The maximum absolute atomic E-state index is 13.0. The largest absolute Gasteiger partial charge is 0.508 e. The number of carbonyl (C=O) groups is 1. The number of aromatic nitrogens is 1. The van der Waals surface area contributed by atoms with Crippen molar-refractivity contribution in [3.63, 3.8) is 0 Å². The fraction of sp³-hybridized carbons (Fsp3) is 0.370. The molecule has 0 bridgehead atoms. The summed E-state index contributed by atoms with van der Waals surface area (Å²) in [6.07, 6.45) is 2.75. The topological polar surface area (TPSA) is 87.4 Å². The van der Waals surface area contributed by atoms with Gasteiger partial charge in [-0.2, -0.15) is 0 Å². The summed E-state index contributed by atoms with van der Waals surface area (Å²) < 4.78 is 13.5. The van der Waals surface area contributed by atoms with Gasteiger partial charge in [0.25, 0.3) is 0 Å². The van der Waals surface area contributed by atoms with Gasteiger partial charge in [-0.05, 0) is 51.2 Å². The number of Topliss-reactive ketones (excluding diaryl/α,β-unsaturated/α-hetero) is 1. The van der Waals surface area contributed by atoms with Crippen LogP contribution in [-0.2, 0) is 6.54 Å². The number of aromatic hydroxyl groups is 2. The first-order chi connectivity index (χ1) is 16.9. The fourth-order valence-electron chi connectivity index (χ4n) is 5.02. The van der Waals surface area contributed by atoms with E-state index in [9.17, 15) is 15.0 Å². The number of allylic oxidation sites excluding steroid dienone is 1. The average molecular weight is 478 g/mol. The van der Waals surface area contributed by atoms with Crippen LogP contribution in [0.25, 0.3) is 17.0 Å². The predicted molar refractivity (Wildman–Crippen MR) is 134 cm³/mol. The van der Waals surface area contributed by atoms with Gasteiger partial charge in [-0.3, -0.25) is 4.79 Å². The molecule has 0 radical (unpaired) electrons. The lowest BCUT2D eigenvalue weighted by Gasteiger charge is -2.32. The number of benzene rings is 2. The molecule has 2 aromatic carbocycles. The van der Waals surface area contributed by atoms with Gasteiger partial charge >= 0.3 is 0 Å². The SMILES string of the molecule is COc1ccc2c(c1)c(/C=C1\Oc3cc(O)cc(O)c3C1=O)c(C)n2CCCN1CCN(C)CC1. The Morgan fingerprint density at radius 3 is 2.60 bits per heavy atom. The lowest BCUT2D eigenvalue weighted by molar-refractivity contribution is 0.101. The van der Waals surface area contributed by atoms with E-state index in [-0.39, 0.29) is 28.6 Å². The Hall–Kier alpha value is -3.49. The molecule has 1 fully saturated rings. The zero-order valence-electron chi connectivity index (χ0n) is 20.4. The first-order valence-corrected chi connectivity index (χ1v) is 11.9. The molecule has 3 heterocycles. The molecule has 0 atom stereocenters. The highest BCUT2D eigenvalue weighted by atomic mass is 16.5. The third-order valence-corrected chi connectivity index (χ3v) is 7.04. The van der Waals surface area contributed by atoms with Gasteiger partial charge in [-0.1, -0.05) is 0 Å². The molecule has 0 saturated carbocycles. The van der Waals surface area contributed by atoms with E-state index in [1.54, 1.807) is 13.2 Å². The number of hydrogen-bond donors (Lipinski definition) is 2. The molecule has 184 valence electrons. The second-order valence-corrected chi connectivity index (χ2v) is 9.31. The van der Waals surface area contributed by atoms with Crippen LogP contribution in [0.1, 0.15) is 28.0 Å². The standard InChI is InChI=1S/C27H31N3O5/c1-17-20(16-25-27(33)26-23(32)13-18(31)14-24(26)35-25)21-15-19(34-3)5-6-22(21)30(17)8-4-7-29-11-9-28(2)10-12-29/h5-6,13-16,31-32H,4,7-12H2,1-3H3/b25-16-. The number of ether oxygens (including phenoxy) is 2. The Morgan fingerprint density at radius 1 is 1.09 bits per heavy atom. The van der Waals surface area contributed by atoms with Gasteiger partial charge in [0, 0.05) is 67.0 Å². The van der Waals surface area contributed by atoms with E-state index < -0.39 is 5.78 Å².